The minimum atomic E-state index is -3.28. The van der Waals surface area contributed by atoms with Crippen molar-refractivity contribution in [2.75, 3.05) is 0 Å². The number of hydrogen-bond acceptors (Lipinski definition) is 2. The van der Waals surface area contributed by atoms with Gasteiger partial charge in [0.1, 0.15) is 0 Å². The smallest absolute Gasteiger partial charge is 0.399 e. The summed E-state index contributed by atoms with van der Waals surface area (Å²) < 4.78 is 26.8. The molecule has 0 aliphatic heterocycles. The van der Waals surface area contributed by atoms with Crippen molar-refractivity contribution in [2.24, 2.45) is 0 Å². The molecule has 0 rings (SSSR count). The molecule has 0 unspecified atom stereocenters. The molecule has 2 nitrogen and oxygen atoms in total. The van der Waals surface area contributed by atoms with E-state index in [1.807, 2.05) is 0 Å². The monoisotopic (exact) mass is 124 g/mol. The van der Waals surface area contributed by atoms with Crippen molar-refractivity contribution in [1.29, 1.82) is 0 Å². The largest absolute Gasteiger partial charge is 0.403 e. The van der Waals surface area contributed by atoms with Crippen LogP contribution >= 0.6 is 0 Å². The zero-order valence-electron chi connectivity index (χ0n) is 4.36. The highest BCUT2D eigenvalue weighted by atomic mass is 19.3. The van der Waals surface area contributed by atoms with E-state index >= 15 is 0 Å². The van der Waals surface area contributed by atoms with Gasteiger partial charge in [-0.3, -0.25) is 4.79 Å². The summed E-state index contributed by atoms with van der Waals surface area (Å²) >= 11 is 0. The Morgan fingerprint density at radius 3 is 2.38 bits per heavy atom. The second-order valence-electron chi connectivity index (χ2n) is 1.20. The molecule has 0 saturated heterocycles. The Kier molecular flexibility index (Phi) is 2.37. The van der Waals surface area contributed by atoms with Crippen molar-refractivity contribution in [3.63, 3.8) is 0 Å². The van der Waals surface area contributed by atoms with Crippen LogP contribution < -0.4 is 0 Å². The zero-order valence-corrected chi connectivity index (χ0v) is 4.36. The highest BCUT2D eigenvalue weighted by Gasteiger charge is 2.26. The number of hydrogen-bond donors (Lipinski definition) is 0. The minimum Gasteiger partial charge on any atom is -0.403 e. The SMILES string of the molecule is CCC(F)(F)OC=O. The molecule has 0 N–H and O–H groups in total. The summed E-state index contributed by atoms with van der Waals surface area (Å²) in [7, 11) is 0. The zero-order chi connectivity index (χ0) is 6.62. The average Bonchev–Trinajstić information content (AvgIpc) is 1.67. The quantitative estimate of drug-likeness (QED) is 0.528. The van der Waals surface area contributed by atoms with Gasteiger partial charge in [0, 0.05) is 6.42 Å². The Bertz CT molecular complexity index is 82.1. The Labute approximate surface area is 45.4 Å². The summed E-state index contributed by atoms with van der Waals surface area (Å²) in [6.07, 6.45) is -3.76. The number of halogens is 2. The first-order valence-electron chi connectivity index (χ1n) is 2.11. The van der Waals surface area contributed by atoms with E-state index in [-0.39, 0.29) is 6.47 Å². The molecule has 0 aromatic heterocycles. The van der Waals surface area contributed by atoms with Gasteiger partial charge in [-0.05, 0) is 0 Å². The van der Waals surface area contributed by atoms with Gasteiger partial charge in [0.05, 0.1) is 0 Å². The second kappa shape index (κ2) is 2.59. The normalized spacial score (nSPS) is 10.9. The maximum atomic E-state index is 11.7. The van der Waals surface area contributed by atoms with Gasteiger partial charge in [-0.25, -0.2) is 0 Å². The van der Waals surface area contributed by atoms with Crippen molar-refractivity contribution in [2.45, 2.75) is 19.5 Å². The maximum absolute atomic E-state index is 11.7. The highest BCUT2D eigenvalue weighted by molar-refractivity contribution is 5.37. The molecule has 0 bridgehead atoms. The van der Waals surface area contributed by atoms with Crippen LogP contribution in [-0.2, 0) is 9.53 Å². The molecule has 0 radical (unpaired) electrons. The molecule has 0 amide bonds. The molecule has 0 aromatic carbocycles. The molecule has 0 spiro atoms. The fourth-order valence-electron chi connectivity index (χ4n) is 0.154. The number of rotatable bonds is 3. The molecule has 48 valence electrons. The van der Waals surface area contributed by atoms with Crippen molar-refractivity contribution >= 4 is 6.47 Å². The van der Waals surface area contributed by atoms with Gasteiger partial charge in [-0.15, -0.1) is 0 Å². The standard InChI is InChI=1S/C4H6F2O2/c1-2-4(5,6)8-3-7/h3H,2H2,1H3. The molecule has 4 heteroatoms. The van der Waals surface area contributed by atoms with Gasteiger partial charge in [0.2, 0.25) is 0 Å². The molecule has 0 saturated carbocycles. The maximum Gasteiger partial charge on any atom is 0.399 e. The Balaban J connectivity index is 3.53. The molecule has 0 aromatic rings. The van der Waals surface area contributed by atoms with Crippen LogP contribution in [0.15, 0.2) is 0 Å². The van der Waals surface area contributed by atoms with Crippen LogP contribution in [0.2, 0.25) is 0 Å². The third kappa shape index (κ3) is 2.49. The summed E-state index contributed by atoms with van der Waals surface area (Å²) in [6.45, 7) is 0.965. The van der Waals surface area contributed by atoms with E-state index in [0.717, 1.165) is 0 Å². The molecule has 8 heavy (non-hydrogen) atoms. The summed E-state index contributed by atoms with van der Waals surface area (Å²) in [5, 5.41) is 0. The van der Waals surface area contributed by atoms with Gasteiger partial charge in [-0.1, -0.05) is 6.92 Å². The lowest BCUT2D eigenvalue weighted by Gasteiger charge is -2.08. The predicted octanol–water partition coefficient (Wildman–Crippen LogP) is 1.16. The van der Waals surface area contributed by atoms with E-state index < -0.39 is 12.5 Å². The molecule has 0 atom stereocenters. The average molecular weight is 124 g/mol. The lowest BCUT2D eigenvalue weighted by molar-refractivity contribution is -0.221. The number of alkyl halides is 2. The van der Waals surface area contributed by atoms with Crippen LogP contribution in [-0.4, -0.2) is 12.6 Å². The fourth-order valence-corrected chi connectivity index (χ4v) is 0.154. The van der Waals surface area contributed by atoms with Gasteiger partial charge < -0.3 is 4.74 Å². The van der Waals surface area contributed by atoms with Gasteiger partial charge >= 0.3 is 6.11 Å². The van der Waals surface area contributed by atoms with Crippen LogP contribution in [0, 0.1) is 0 Å². The first-order chi connectivity index (χ1) is 3.62. The van der Waals surface area contributed by atoms with Crippen LogP contribution in [0.5, 0.6) is 0 Å². The Hall–Kier alpha value is -0.670. The van der Waals surface area contributed by atoms with E-state index in [2.05, 4.69) is 4.74 Å². The van der Waals surface area contributed by atoms with E-state index in [9.17, 15) is 13.6 Å². The van der Waals surface area contributed by atoms with E-state index in [0.29, 0.717) is 0 Å². The van der Waals surface area contributed by atoms with E-state index in [1.165, 1.54) is 6.92 Å². The van der Waals surface area contributed by atoms with Crippen LogP contribution in [0.25, 0.3) is 0 Å². The van der Waals surface area contributed by atoms with Crippen LogP contribution in [0.4, 0.5) is 8.78 Å². The summed E-state index contributed by atoms with van der Waals surface area (Å²) in [5.41, 5.74) is 0. The molecular weight excluding hydrogens is 118 g/mol. The van der Waals surface area contributed by atoms with Crippen LogP contribution in [0.1, 0.15) is 13.3 Å². The predicted molar refractivity (Wildman–Crippen MR) is 22.4 cm³/mol. The van der Waals surface area contributed by atoms with Crippen molar-refractivity contribution in [3.8, 4) is 0 Å². The third-order valence-electron chi connectivity index (χ3n) is 0.632. The second-order valence-corrected chi connectivity index (χ2v) is 1.20. The highest BCUT2D eigenvalue weighted by Crippen LogP contribution is 2.16. The summed E-state index contributed by atoms with van der Waals surface area (Å²) in [4.78, 5) is 9.28. The van der Waals surface area contributed by atoms with Gasteiger partial charge in [-0.2, -0.15) is 8.78 Å². The first-order valence-corrected chi connectivity index (χ1v) is 2.11. The number of carbonyl (C=O) groups is 1. The topological polar surface area (TPSA) is 26.3 Å². The number of carbonyl (C=O) groups excluding carboxylic acids is 1. The lowest BCUT2D eigenvalue weighted by atomic mass is 10.5. The van der Waals surface area contributed by atoms with Crippen molar-refractivity contribution in [1.82, 2.24) is 0 Å². The van der Waals surface area contributed by atoms with Gasteiger partial charge in [0.25, 0.3) is 6.47 Å². The lowest BCUT2D eigenvalue weighted by Crippen LogP contribution is -2.17. The van der Waals surface area contributed by atoms with E-state index in [1.54, 1.807) is 0 Å². The minimum absolute atomic E-state index is 0.260. The Morgan fingerprint density at radius 2 is 2.25 bits per heavy atom. The van der Waals surface area contributed by atoms with Gasteiger partial charge in [0.15, 0.2) is 0 Å². The van der Waals surface area contributed by atoms with Crippen molar-refractivity contribution in [3.05, 3.63) is 0 Å². The molecular formula is C4H6F2O2. The third-order valence-corrected chi connectivity index (χ3v) is 0.632. The molecule has 0 heterocycles. The fraction of sp³-hybridized carbons (Fsp3) is 0.750. The molecule has 0 aliphatic carbocycles. The number of ether oxygens (including phenoxy) is 1. The van der Waals surface area contributed by atoms with Crippen LogP contribution in [0.3, 0.4) is 0 Å². The molecule has 0 fully saturated rings. The Morgan fingerprint density at radius 1 is 1.75 bits per heavy atom. The van der Waals surface area contributed by atoms with Crippen molar-refractivity contribution < 1.29 is 18.3 Å². The summed E-state index contributed by atoms with van der Waals surface area (Å²) in [5.74, 6) is 0. The molecule has 0 aliphatic rings. The van der Waals surface area contributed by atoms with E-state index in [4.69, 9.17) is 0 Å². The summed E-state index contributed by atoms with van der Waals surface area (Å²) in [6, 6.07) is 0. The first kappa shape index (κ1) is 7.33.